The number of rotatable bonds is 6. The maximum Gasteiger partial charge on any atom is 0.338 e. The molecule has 1 rings (SSSR count). The van der Waals surface area contributed by atoms with Crippen molar-refractivity contribution in [3.8, 4) is 0 Å². The highest BCUT2D eigenvalue weighted by molar-refractivity contribution is 5.92. The molecule has 0 aliphatic carbocycles. The van der Waals surface area contributed by atoms with Gasteiger partial charge in [0.25, 0.3) is 0 Å². The molecule has 0 aromatic heterocycles. The first-order valence-corrected chi connectivity index (χ1v) is 5.91. The molecular weight excluding hydrogens is 232 g/mol. The fourth-order valence-corrected chi connectivity index (χ4v) is 1.39. The lowest BCUT2D eigenvalue weighted by Crippen LogP contribution is -2.19. The van der Waals surface area contributed by atoms with E-state index in [4.69, 9.17) is 15.2 Å². The number of methoxy groups -OCH3 is 1. The van der Waals surface area contributed by atoms with Crippen LogP contribution in [0.2, 0.25) is 0 Å². The van der Waals surface area contributed by atoms with Gasteiger partial charge in [-0.15, -0.1) is 0 Å². The van der Waals surface area contributed by atoms with Crippen LogP contribution in [-0.4, -0.2) is 32.3 Å². The molecular formula is C13H20N2O3. The Kier molecular flexibility index (Phi) is 5.45. The van der Waals surface area contributed by atoms with Gasteiger partial charge in [-0.25, -0.2) is 4.79 Å². The monoisotopic (exact) mass is 252 g/mol. The van der Waals surface area contributed by atoms with E-state index in [1.807, 2.05) is 6.92 Å². The number of nitrogens with two attached hydrogens (primary N) is 1. The maximum atomic E-state index is 11.6. The molecule has 0 saturated carbocycles. The molecule has 3 N–H and O–H groups in total. The van der Waals surface area contributed by atoms with Crippen LogP contribution in [0.5, 0.6) is 0 Å². The Morgan fingerprint density at radius 1 is 1.50 bits per heavy atom. The predicted octanol–water partition coefficient (Wildman–Crippen LogP) is 1.89. The van der Waals surface area contributed by atoms with E-state index in [0.717, 1.165) is 0 Å². The number of nitrogens with one attached hydrogen (secondary N) is 1. The second kappa shape index (κ2) is 6.86. The Morgan fingerprint density at radius 3 is 2.83 bits per heavy atom. The van der Waals surface area contributed by atoms with Crippen molar-refractivity contribution in [1.82, 2.24) is 0 Å². The van der Waals surface area contributed by atoms with E-state index in [2.05, 4.69) is 5.32 Å². The highest BCUT2D eigenvalue weighted by Crippen LogP contribution is 2.20. The number of ether oxygens (including phenoxy) is 2. The quantitative estimate of drug-likeness (QED) is 0.597. The molecule has 100 valence electrons. The zero-order valence-corrected chi connectivity index (χ0v) is 11.0. The lowest BCUT2D eigenvalue weighted by molar-refractivity contribution is 0.0526. The zero-order chi connectivity index (χ0) is 13.5. The molecule has 0 spiro atoms. The Balaban J connectivity index is 2.78. The third kappa shape index (κ3) is 3.92. The van der Waals surface area contributed by atoms with Crippen molar-refractivity contribution in [3.05, 3.63) is 23.8 Å². The molecule has 0 amide bonds. The Bertz CT molecular complexity index is 407. The van der Waals surface area contributed by atoms with Gasteiger partial charge in [-0.05, 0) is 32.0 Å². The number of carbonyl (C=O) groups excluding carboxylic acids is 1. The molecule has 0 radical (unpaired) electrons. The summed E-state index contributed by atoms with van der Waals surface area (Å²) in [5, 5.41) is 3.14. The molecule has 1 aromatic rings. The molecule has 0 aliphatic rings. The molecule has 5 nitrogen and oxygen atoms in total. The Labute approximate surface area is 107 Å². The van der Waals surface area contributed by atoms with Crippen LogP contribution in [0.3, 0.4) is 0 Å². The molecule has 0 fully saturated rings. The SMILES string of the molecule is CCOC(=O)c1ccc(N)c(NCC(C)OC)c1. The molecule has 0 aliphatic heterocycles. The van der Waals surface area contributed by atoms with Gasteiger partial charge < -0.3 is 20.5 Å². The summed E-state index contributed by atoms with van der Waals surface area (Å²) in [5.41, 5.74) is 7.62. The average Bonchev–Trinajstić information content (AvgIpc) is 2.37. The van der Waals surface area contributed by atoms with Gasteiger partial charge in [-0.1, -0.05) is 0 Å². The second-order valence-corrected chi connectivity index (χ2v) is 3.95. The van der Waals surface area contributed by atoms with Gasteiger partial charge in [0.1, 0.15) is 0 Å². The van der Waals surface area contributed by atoms with E-state index in [-0.39, 0.29) is 12.1 Å². The molecule has 0 heterocycles. The molecule has 5 heteroatoms. The van der Waals surface area contributed by atoms with E-state index in [0.29, 0.717) is 30.1 Å². The third-order valence-corrected chi connectivity index (χ3v) is 2.55. The summed E-state index contributed by atoms with van der Waals surface area (Å²) in [5.74, 6) is -0.347. The Hall–Kier alpha value is -1.75. The van der Waals surface area contributed by atoms with Gasteiger partial charge in [-0.3, -0.25) is 0 Å². The van der Waals surface area contributed by atoms with Crippen molar-refractivity contribution in [1.29, 1.82) is 0 Å². The second-order valence-electron chi connectivity index (χ2n) is 3.95. The minimum absolute atomic E-state index is 0.0654. The zero-order valence-electron chi connectivity index (χ0n) is 11.0. The number of benzene rings is 1. The topological polar surface area (TPSA) is 73.6 Å². The van der Waals surface area contributed by atoms with Crippen LogP contribution in [-0.2, 0) is 9.47 Å². The van der Waals surface area contributed by atoms with Crippen LogP contribution in [0, 0.1) is 0 Å². The molecule has 0 saturated heterocycles. The highest BCUT2D eigenvalue weighted by Gasteiger charge is 2.09. The fourth-order valence-electron chi connectivity index (χ4n) is 1.39. The average molecular weight is 252 g/mol. The summed E-state index contributed by atoms with van der Waals surface area (Å²) >= 11 is 0. The summed E-state index contributed by atoms with van der Waals surface area (Å²) in [4.78, 5) is 11.6. The first kappa shape index (κ1) is 14.3. The molecule has 18 heavy (non-hydrogen) atoms. The summed E-state index contributed by atoms with van der Waals surface area (Å²) in [6.45, 7) is 4.69. The first-order valence-electron chi connectivity index (χ1n) is 5.91. The highest BCUT2D eigenvalue weighted by atomic mass is 16.5. The van der Waals surface area contributed by atoms with Crippen LogP contribution in [0.15, 0.2) is 18.2 Å². The fraction of sp³-hybridized carbons (Fsp3) is 0.462. The smallest absolute Gasteiger partial charge is 0.338 e. The summed E-state index contributed by atoms with van der Waals surface area (Å²) in [7, 11) is 1.64. The largest absolute Gasteiger partial charge is 0.462 e. The van der Waals surface area contributed by atoms with Crippen LogP contribution >= 0.6 is 0 Å². The van der Waals surface area contributed by atoms with Gasteiger partial charge in [-0.2, -0.15) is 0 Å². The van der Waals surface area contributed by atoms with Crippen molar-refractivity contribution in [2.24, 2.45) is 0 Å². The van der Waals surface area contributed by atoms with Gasteiger partial charge in [0.2, 0.25) is 0 Å². The first-order chi connectivity index (χ1) is 8.58. The minimum Gasteiger partial charge on any atom is -0.462 e. The van der Waals surface area contributed by atoms with Gasteiger partial charge in [0.15, 0.2) is 0 Å². The lowest BCUT2D eigenvalue weighted by Gasteiger charge is -2.14. The van der Waals surface area contributed by atoms with Crippen molar-refractivity contribution < 1.29 is 14.3 Å². The number of hydrogen-bond acceptors (Lipinski definition) is 5. The number of carbonyl (C=O) groups is 1. The van der Waals surface area contributed by atoms with E-state index in [1.165, 1.54) is 0 Å². The number of anilines is 2. The molecule has 0 bridgehead atoms. The number of hydrogen-bond donors (Lipinski definition) is 2. The predicted molar refractivity (Wildman–Crippen MR) is 71.8 cm³/mol. The molecule has 1 atom stereocenters. The third-order valence-electron chi connectivity index (χ3n) is 2.55. The van der Waals surface area contributed by atoms with Crippen molar-refractivity contribution in [3.63, 3.8) is 0 Å². The van der Waals surface area contributed by atoms with Crippen LogP contribution in [0.1, 0.15) is 24.2 Å². The van der Waals surface area contributed by atoms with E-state index in [9.17, 15) is 4.79 Å². The van der Waals surface area contributed by atoms with Gasteiger partial charge >= 0.3 is 5.97 Å². The van der Waals surface area contributed by atoms with Gasteiger partial charge in [0.05, 0.1) is 29.6 Å². The van der Waals surface area contributed by atoms with Crippen LogP contribution in [0.25, 0.3) is 0 Å². The van der Waals surface area contributed by atoms with E-state index >= 15 is 0 Å². The summed E-state index contributed by atoms with van der Waals surface area (Å²) in [6.07, 6.45) is 0.0654. The maximum absolute atomic E-state index is 11.6. The molecule has 1 unspecified atom stereocenters. The van der Waals surface area contributed by atoms with Crippen molar-refractivity contribution in [2.75, 3.05) is 31.3 Å². The Morgan fingerprint density at radius 2 is 2.22 bits per heavy atom. The standard InChI is InChI=1S/C13H20N2O3/c1-4-18-13(16)10-5-6-11(14)12(7-10)15-8-9(2)17-3/h5-7,9,15H,4,8,14H2,1-3H3. The normalized spacial score (nSPS) is 11.9. The number of nitrogen functional groups attached to an aromatic ring is 1. The summed E-state index contributed by atoms with van der Waals surface area (Å²) < 4.78 is 10.1. The van der Waals surface area contributed by atoms with Crippen LogP contribution < -0.4 is 11.1 Å². The van der Waals surface area contributed by atoms with Gasteiger partial charge in [0, 0.05) is 13.7 Å². The minimum atomic E-state index is -0.347. The van der Waals surface area contributed by atoms with E-state index < -0.39 is 0 Å². The van der Waals surface area contributed by atoms with Crippen molar-refractivity contribution in [2.45, 2.75) is 20.0 Å². The van der Waals surface area contributed by atoms with E-state index in [1.54, 1.807) is 32.2 Å². The number of esters is 1. The summed E-state index contributed by atoms with van der Waals surface area (Å²) in [6, 6.07) is 5.03. The van der Waals surface area contributed by atoms with Crippen LogP contribution in [0.4, 0.5) is 11.4 Å². The molecule has 1 aromatic carbocycles. The van der Waals surface area contributed by atoms with Crippen molar-refractivity contribution >= 4 is 17.3 Å². The lowest BCUT2D eigenvalue weighted by atomic mass is 10.1.